The Kier molecular flexibility index (Phi) is 3.63. The second-order valence-corrected chi connectivity index (χ2v) is 5.83. The van der Waals surface area contributed by atoms with Crippen molar-refractivity contribution < 1.29 is 14.5 Å². The van der Waals surface area contributed by atoms with Gasteiger partial charge in [0.05, 0.1) is 25.2 Å². The number of nitrogens with zero attached hydrogens (tertiary/aromatic N) is 2. The Bertz CT molecular complexity index is 599. The number of nitrogens with one attached hydrogen (secondary N) is 2. The summed E-state index contributed by atoms with van der Waals surface area (Å²) in [4.78, 5) is 8.07. The van der Waals surface area contributed by atoms with E-state index in [1.165, 1.54) is 37.5 Å². The van der Waals surface area contributed by atoms with Crippen LogP contribution in [0.15, 0.2) is 18.2 Å². The number of fused-ring (bicyclic) bond motifs is 1. The van der Waals surface area contributed by atoms with Crippen molar-refractivity contribution >= 4 is 11.0 Å². The van der Waals surface area contributed by atoms with E-state index >= 15 is 0 Å². The smallest absolute Gasteiger partial charge is 0.165 e. The van der Waals surface area contributed by atoms with Crippen LogP contribution in [0.2, 0.25) is 0 Å². The molecule has 2 N–H and O–H groups in total. The summed E-state index contributed by atoms with van der Waals surface area (Å²) in [5.41, 5.74) is 2.21. The van der Waals surface area contributed by atoms with Crippen molar-refractivity contribution in [3.05, 3.63) is 24.0 Å². The lowest BCUT2D eigenvalue weighted by Crippen LogP contribution is -3.26. The monoisotopic (exact) mass is 276 g/mol. The Hall–Kier alpha value is -1.59. The molecule has 2 aromatic rings. The molecule has 0 radical (unpaired) electrons. The van der Waals surface area contributed by atoms with Gasteiger partial charge < -0.3 is 19.1 Å². The van der Waals surface area contributed by atoms with Crippen molar-refractivity contribution in [2.24, 2.45) is 7.05 Å². The molecule has 0 spiro atoms. The van der Waals surface area contributed by atoms with Crippen LogP contribution in [0.25, 0.3) is 11.0 Å². The normalized spacial score (nSPS) is 23.1. The Morgan fingerprint density at radius 1 is 1.25 bits per heavy atom. The zero-order chi connectivity index (χ0) is 14.1. The molecule has 0 atom stereocenters. The van der Waals surface area contributed by atoms with Crippen molar-refractivity contribution in [3.63, 3.8) is 0 Å². The molecule has 0 saturated carbocycles. The third-order valence-corrected chi connectivity index (χ3v) is 4.40. The summed E-state index contributed by atoms with van der Waals surface area (Å²) in [7, 11) is 6.08. The molecular formula is C15H24N4O+2. The number of ether oxygens (including phenoxy) is 1. The summed E-state index contributed by atoms with van der Waals surface area (Å²) < 4.78 is 7.49. The van der Waals surface area contributed by atoms with Gasteiger partial charge in [-0.25, -0.2) is 4.98 Å². The predicted molar refractivity (Wildman–Crippen MR) is 78.3 cm³/mol. The molecule has 2 heterocycles. The summed E-state index contributed by atoms with van der Waals surface area (Å²) in [6.07, 6.45) is 0. The lowest BCUT2D eigenvalue weighted by Gasteiger charge is -2.26. The van der Waals surface area contributed by atoms with Crippen LogP contribution >= 0.6 is 0 Å². The third-order valence-electron chi connectivity index (χ3n) is 4.40. The third kappa shape index (κ3) is 2.51. The first kappa shape index (κ1) is 13.4. The number of quaternary nitrogens is 2. The van der Waals surface area contributed by atoms with Crippen LogP contribution in [0.4, 0.5) is 0 Å². The van der Waals surface area contributed by atoms with Crippen LogP contribution in [0.1, 0.15) is 5.82 Å². The minimum absolute atomic E-state index is 0.873. The van der Waals surface area contributed by atoms with E-state index in [9.17, 15) is 0 Å². The molecule has 3 rings (SSSR count). The van der Waals surface area contributed by atoms with Gasteiger partial charge in [0.2, 0.25) is 0 Å². The maximum Gasteiger partial charge on any atom is 0.165 e. The molecule has 5 heteroatoms. The average Bonchev–Trinajstić information content (AvgIpc) is 2.77. The molecule has 108 valence electrons. The molecule has 1 aromatic carbocycles. The molecule has 20 heavy (non-hydrogen) atoms. The average molecular weight is 276 g/mol. The van der Waals surface area contributed by atoms with Crippen LogP contribution in [0, 0.1) is 0 Å². The van der Waals surface area contributed by atoms with Crippen molar-refractivity contribution in [2.75, 3.05) is 40.3 Å². The van der Waals surface area contributed by atoms with Gasteiger partial charge in [-0.2, -0.15) is 0 Å². The van der Waals surface area contributed by atoms with E-state index in [4.69, 9.17) is 9.72 Å². The van der Waals surface area contributed by atoms with Gasteiger partial charge in [0.15, 0.2) is 5.82 Å². The molecule has 0 bridgehead atoms. The van der Waals surface area contributed by atoms with Crippen molar-refractivity contribution in [2.45, 2.75) is 6.54 Å². The molecule has 1 aliphatic rings. The molecule has 1 saturated heterocycles. The van der Waals surface area contributed by atoms with Gasteiger partial charge in [0.1, 0.15) is 38.5 Å². The number of aryl methyl sites for hydroxylation is 1. The molecule has 1 aromatic heterocycles. The fourth-order valence-corrected chi connectivity index (χ4v) is 2.95. The fraction of sp³-hybridized carbons (Fsp3) is 0.533. The number of rotatable bonds is 3. The topological polar surface area (TPSA) is 35.9 Å². The van der Waals surface area contributed by atoms with Gasteiger partial charge in [0.25, 0.3) is 0 Å². The van der Waals surface area contributed by atoms with Crippen molar-refractivity contribution in [3.8, 4) is 5.75 Å². The number of benzene rings is 1. The number of imidazole rings is 1. The number of aromatic nitrogens is 2. The minimum atomic E-state index is 0.873. The van der Waals surface area contributed by atoms with Crippen LogP contribution < -0.4 is 14.5 Å². The summed E-state index contributed by atoms with van der Waals surface area (Å²) in [5.74, 6) is 2.04. The van der Waals surface area contributed by atoms with E-state index in [1.807, 2.05) is 12.1 Å². The summed E-state index contributed by atoms with van der Waals surface area (Å²) in [6.45, 7) is 6.00. The van der Waals surface area contributed by atoms with Crippen molar-refractivity contribution in [1.82, 2.24) is 9.55 Å². The largest absolute Gasteiger partial charge is 0.497 e. The number of hydrogen-bond donors (Lipinski definition) is 2. The minimum Gasteiger partial charge on any atom is -0.497 e. The van der Waals surface area contributed by atoms with Gasteiger partial charge in [-0.15, -0.1) is 0 Å². The van der Waals surface area contributed by atoms with Gasteiger partial charge >= 0.3 is 0 Å². The van der Waals surface area contributed by atoms with Gasteiger partial charge in [0, 0.05) is 13.1 Å². The highest BCUT2D eigenvalue weighted by Gasteiger charge is 2.22. The molecule has 0 aliphatic carbocycles. The highest BCUT2D eigenvalue weighted by molar-refractivity contribution is 5.77. The first-order chi connectivity index (χ1) is 9.67. The number of methoxy groups -OCH3 is 1. The fourth-order valence-electron chi connectivity index (χ4n) is 2.95. The summed E-state index contributed by atoms with van der Waals surface area (Å²) >= 11 is 0. The number of piperazine rings is 1. The lowest BCUT2D eigenvalue weighted by atomic mass is 10.3. The second-order valence-electron chi connectivity index (χ2n) is 5.83. The van der Waals surface area contributed by atoms with Crippen LogP contribution in [0.3, 0.4) is 0 Å². The molecular weight excluding hydrogens is 252 g/mol. The van der Waals surface area contributed by atoms with Crippen LogP contribution in [0.5, 0.6) is 5.75 Å². The Morgan fingerprint density at radius 2 is 2.00 bits per heavy atom. The molecule has 1 aliphatic heterocycles. The molecule has 0 unspecified atom stereocenters. The quantitative estimate of drug-likeness (QED) is 0.715. The Morgan fingerprint density at radius 3 is 2.70 bits per heavy atom. The van der Waals surface area contributed by atoms with E-state index in [0.29, 0.717) is 0 Å². The Balaban J connectivity index is 1.82. The predicted octanol–water partition coefficient (Wildman–Crippen LogP) is -1.50. The highest BCUT2D eigenvalue weighted by atomic mass is 16.5. The Labute approximate surface area is 119 Å². The van der Waals surface area contributed by atoms with E-state index < -0.39 is 0 Å². The highest BCUT2D eigenvalue weighted by Crippen LogP contribution is 2.20. The first-order valence-corrected chi connectivity index (χ1v) is 7.31. The van der Waals surface area contributed by atoms with Crippen molar-refractivity contribution in [1.29, 1.82) is 0 Å². The van der Waals surface area contributed by atoms with Crippen LogP contribution in [-0.2, 0) is 13.6 Å². The first-order valence-electron chi connectivity index (χ1n) is 7.31. The molecule has 5 nitrogen and oxygen atoms in total. The van der Waals surface area contributed by atoms with Gasteiger partial charge in [-0.1, -0.05) is 0 Å². The molecule has 0 amide bonds. The standard InChI is InChI=1S/C15H22N4O/c1-17-6-8-19(9-7-17)11-15-16-13-10-12(20-3)4-5-14(13)18(15)2/h4-5,10H,6-9,11H2,1-3H3/p+2. The van der Waals surface area contributed by atoms with E-state index in [1.54, 1.807) is 16.9 Å². The SMILES string of the molecule is COc1ccc2c(c1)nc(C[NH+]1CC[NH+](C)CC1)n2C. The second kappa shape index (κ2) is 5.42. The zero-order valence-corrected chi connectivity index (χ0v) is 12.6. The van der Waals surface area contributed by atoms with E-state index in [0.717, 1.165) is 17.8 Å². The zero-order valence-electron chi connectivity index (χ0n) is 12.6. The maximum atomic E-state index is 5.28. The van der Waals surface area contributed by atoms with E-state index in [-0.39, 0.29) is 0 Å². The van der Waals surface area contributed by atoms with Gasteiger partial charge in [-0.05, 0) is 12.1 Å². The number of likely N-dealkylation sites (N-methyl/N-ethyl adjacent to an activating group) is 1. The van der Waals surface area contributed by atoms with E-state index in [2.05, 4.69) is 24.7 Å². The van der Waals surface area contributed by atoms with Gasteiger partial charge in [-0.3, -0.25) is 0 Å². The lowest BCUT2D eigenvalue weighted by molar-refractivity contribution is -1.01. The number of hydrogen-bond acceptors (Lipinski definition) is 2. The van der Waals surface area contributed by atoms with Crippen LogP contribution in [-0.4, -0.2) is 49.9 Å². The molecule has 1 fully saturated rings. The summed E-state index contributed by atoms with van der Waals surface area (Å²) in [5, 5.41) is 0. The maximum absolute atomic E-state index is 5.28. The summed E-state index contributed by atoms with van der Waals surface area (Å²) in [6, 6.07) is 6.11.